The van der Waals surface area contributed by atoms with Crippen LogP contribution in [0.3, 0.4) is 0 Å². The molecule has 1 N–H and O–H groups in total. The van der Waals surface area contributed by atoms with Crippen molar-refractivity contribution in [3.63, 3.8) is 0 Å². The summed E-state index contributed by atoms with van der Waals surface area (Å²) in [6.45, 7) is 13.7. The Morgan fingerprint density at radius 2 is 1.81 bits per heavy atom. The van der Waals surface area contributed by atoms with Crippen molar-refractivity contribution in [3.8, 4) is 0 Å². The molecular weight excluding hydrogens is 400 g/mol. The number of carbonyl (C=O) groups is 1. The van der Waals surface area contributed by atoms with Crippen LogP contribution in [-0.2, 0) is 11.2 Å². The lowest BCUT2D eigenvalue weighted by atomic mass is 9.81. The molecule has 6 nitrogen and oxygen atoms in total. The van der Waals surface area contributed by atoms with Gasteiger partial charge in [0.15, 0.2) is 0 Å². The van der Waals surface area contributed by atoms with Crippen LogP contribution in [0.25, 0.3) is 0 Å². The lowest BCUT2D eigenvalue weighted by Gasteiger charge is -2.49. The fourth-order valence-electron chi connectivity index (χ4n) is 5.68. The second kappa shape index (κ2) is 11.0. The number of nitrogens with zero attached hydrogens (tertiary/aromatic N) is 3. The van der Waals surface area contributed by atoms with Crippen LogP contribution >= 0.6 is 0 Å². The molecule has 3 saturated heterocycles. The molecule has 1 aromatic rings. The minimum atomic E-state index is -0.0290. The summed E-state index contributed by atoms with van der Waals surface area (Å²) in [4.78, 5) is 19.9. The highest BCUT2D eigenvalue weighted by Crippen LogP contribution is 2.37. The smallest absolute Gasteiger partial charge is 0.317 e. The highest BCUT2D eigenvalue weighted by molar-refractivity contribution is 5.74. The quantitative estimate of drug-likeness (QED) is 0.735. The normalized spacial score (nSPS) is 24.7. The molecule has 3 aliphatic rings. The molecule has 1 aromatic carbocycles. The van der Waals surface area contributed by atoms with Crippen molar-refractivity contribution in [3.05, 3.63) is 35.9 Å². The topological polar surface area (TPSA) is 48.1 Å². The van der Waals surface area contributed by atoms with E-state index < -0.39 is 0 Å². The minimum Gasteiger partial charge on any atom is -0.375 e. The number of ether oxygens (including phenoxy) is 1. The Balaban J connectivity index is 1.20. The van der Waals surface area contributed by atoms with E-state index in [2.05, 4.69) is 41.1 Å². The highest BCUT2D eigenvalue weighted by Gasteiger charge is 2.42. The van der Waals surface area contributed by atoms with E-state index in [4.69, 9.17) is 4.74 Å². The molecule has 6 heteroatoms. The summed E-state index contributed by atoms with van der Waals surface area (Å²) < 4.78 is 6.37. The highest BCUT2D eigenvalue weighted by atomic mass is 16.5. The summed E-state index contributed by atoms with van der Waals surface area (Å²) in [6.07, 6.45) is 5.07. The Kier molecular flexibility index (Phi) is 8.08. The molecule has 3 aliphatic heterocycles. The number of piperazine rings is 1. The summed E-state index contributed by atoms with van der Waals surface area (Å²) in [5.74, 6) is 0.744. The molecule has 3 heterocycles. The van der Waals surface area contributed by atoms with Gasteiger partial charge in [-0.15, -0.1) is 0 Å². The second-order valence-corrected chi connectivity index (χ2v) is 10.4. The number of amides is 2. The summed E-state index contributed by atoms with van der Waals surface area (Å²) in [5.41, 5.74) is 1.23. The van der Waals surface area contributed by atoms with E-state index in [-0.39, 0.29) is 11.6 Å². The fourth-order valence-corrected chi connectivity index (χ4v) is 5.68. The van der Waals surface area contributed by atoms with Gasteiger partial charge in [-0.05, 0) is 43.6 Å². The average Bonchev–Trinajstić information content (AvgIpc) is 2.80. The van der Waals surface area contributed by atoms with Crippen molar-refractivity contribution in [2.24, 2.45) is 5.92 Å². The SMILES string of the molecule is CC(C)CN1CCN([C@H]2CCOC3(CCN(C(=O)NCCc4ccccc4)CC3)C2)CC1. The number of benzene rings is 1. The van der Waals surface area contributed by atoms with Gasteiger partial charge in [-0.3, -0.25) is 4.90 Å². The Morgan fingerprint density at radius 1 is 1.09 bits per heavy atom. The van der Waals surface area contributed by atoms with Gasteiger partial charge >= 0.3 is 6.03 Å². The van der Waals surface area contributed by atoms with E-state index in [9.17, 15) is 4.79 Å². The molecule has 0 unspecified atom stereocenters. The fraction of sp³-hybridized carbons (Fsp3) is 0.731. The molecular formula is C26H42N4O2. The monoisotopic (exact) mass is 442 g/mol. The van der Waals surface area contributed by atoms with Crippen LogP contribution in [0, 0.1) is 5.92 Å². The van der Waals surface area contributed by atoms with E-state index in [1.807, 2.05) is 23.1 Å². The molecule has 3 fully saturated rings. The predicted octanol–water partition coefficient (Wildman–Crippen LogP) is 3.23. The zero-order valence-electron chi connectivity index (χ0n) is 20.1. The Bertz CT molecular complexity index is 710. The number of urea groups is 1. The third-order valence-electron chi connectivity index (χ3n) is 7.51. The van der Waals surface area contributed by atoms with Crippen LogP contribution in [-0.4, -0.2) is 91.3 Å². The average molecular weight is 443 g/mol. The van der Waals surface area contributed by atoms with E-state index in [1.54, 1.807) is 0 Å². The molecule has 32 heavy (non-hydrogen) atoms. The van der Waals surface area contributed by atoms with E-state index in [1.165, 1.54) is 38.3 Å². The van der Waals surface area contributed by atoms with Gasteiger partial charge in [-0.1, -0.05) is 44.2 Å². The first kappa shape index (κ1) is 23.5. The van der Waals surface area contributed by atoms with Gasteiger partial charge in [0.1, 0.15) is 0 Å². The lowest BCUT2D eigenvalue weighted by molar-refractivity contribution is -0.132. The summed E-state index contributed by atoms with van der Waals surface area (Å²) >= 11 is 0. The summed E-state index contributed by atoms with van der Waals surface area (Å²) in [7, 11) is 0. The molecule has 4 rings (SSSR count). The number of likely N-dealkylation sites (tertiary alicyclic amines) is 1. The van der Waals surface area contributed by atoms with Gasteiger partial charge < -0.3 is 19.9 Å². The summed E-state index contributed by atoms with van der Waals surface area (Å²) in [5, 5.41) is 3.10. The predicted molar refractivity (Wildman–Crippen MR) is 129 cm³/mol. The maximum Gasteiger partial charge on any atom is 0.317 e. The van der Waals surface area contributed by atoms with Gasteiger partial charge in [0, 0.05) is 65.0 Å². The van der Waals surface area contributed by atoms with Crippen molar-refractivity contribution in [2.75, 3.05) is 59.0 Å². The minimum absolute atomic E-state index is 0.0290. The Labute approximate surface area is 194 Å². The molecule has 1 atom stereocenters. The number of carbonyl (C=O) groups excluding carboxylic acids is 1. The number of piperidine rings is 1. The van der Waals surface area contributed by atoms with Crippen LogP contribution in [0.5, 0.6) is 0 Å². The number of hydrogen-bond acceptors (Lipinski definition) is 4. The molecule has 0 bridgehead atoms. The third kappa shape index (κ3) is 6.24. The van der Waals surface area contributed by atoms with Gasteiger partial charge in [0.2, 0.25) is 0 Å². The first-order valence-corrected chi connectivity index (χ1v) is 12.7. The third-order valence-corrected chi connectivity index (χ3v) is 7.51. The summed E-state index contributed by atoms with van der Waals surface area (Å²) in [6, 6.07) is 11.0. The largest absolute Gasteiger partial charge is 0.375 e. The molecule has 0 saturated carbocycles. The number of rotatable bonds is 6. The maximum absolute atomic E-state index is 12.6. The van der Waals surface area contributed by atoms with Gasteiger partial charge in [0.25, 0.3) is 0 Å². The maximum atomic E-state index is 12.6. The Morgan fingerprint density at radius 3 is 2.50 bits per heavy atom. The van der Waals surface area contributed by atoms with Crippen LogP contribution in [0.1, 0.15) is 45.1 Å². The van der Waals surface area contributed by atoms with Crippen molar-refractivity contribution >= 4 is 6.03 Å². The first-order valence-electron chi connectivity index (χ1n) is 12.7. The zero-order valence-corrected chi connectivity index (χ0v) is 20.1. The molecule has 0 aliphatic carbocycles. The second-order valence-electron chi connectivity index (χ2n) is 10.4. The van der Waals surface area contributed by atoms with Gasteiger partial charge in [0.05, 0.1) is 5.60 Å². The van der Waals surface area contributed by atoms with Crippen molar-refractivity contribution in [1.29, 1.82) is 0 Å². The molecule has 0 radical (unpaired) electrons. The van der Waals surface area contributed by atoms with Gasteiger partial charge in [-0.2, -0.15) is 0 Å². The van der Waals surface area contributed by atoms with Crippen molar-refractivity contribution < 1.29 is 9.53 Å². The molecule has 1 spiro atoms. The van der Waals surface area contributed by atoms with E-state index in [0.717, 1.165) is 57.7 Å². The van der Waals surface area contributed by atoms with E-state index in [0.29, 0.717) is 12.6 Å². The molecule has 178 valence electrons. The van der Waals surface area contributed by atoms with Gasteiger partial charge in [-0.25, -0.2) is 4.79 Å². The van der Waals surface area contributed by atoms with E-state index >= 15 is 0 Å². The lowest BCUT2D eigenvalue weighted by Crippen LogP contribution is -2.58. The van der Waals surface area contributed by atoms with Crippen LogP contribution < -0.4 is 5.32 Å². The first-order chi connectivity index (χ1) is 15.5. The molecule has 2 amide bonds. The standard InChI is InChI=1S/C26H42N4O2/c1-22(2)21-28-15-17-29(18-16-28)24-9-19-32-26(20-24)10-13-30(14-11-26)25(31)27-12-8-23-6-4-3-5-7-23/h3-7,22,24H,8-21H2,1-2H3,(H,27,31)/t24-/m0/s1. The molecule has 0 aromatic heterocycles. The number of nitrogens with one attached hydrogen (secondary N) is 1. The van der Waals surface area contributed by atoms with Crippen LogP contribution in [0.2, 0.25) is 0 Å². The zero-order chi connectivity index (χ0) is 22.4. The van der Waals surface area contributed by atoms with Crippen molar-refractivity contribution in [2.45, 2.75) is 57.6 Å². The van der Waals surface area contributed by atoms with Crippen LogP contribution in [0.4, 0.5) is 4.79 Å². The Hall–Kier alpha value is -1.63. The number of hydrogen-bond donors (Lipinski definition) is 1. The van der Waals surface area contributed by atoms with Crippen LogP contribution in [0.15, 0.2) is 30.3 Å². The van der Waals surface area contributed by atoms with Crippen molar-refractivity contribution in [1.82, 2.24) is 20.0 Å².